The van der Waals surface area contributed by atoms with Gasteiger partial charge in [0.05, 0.1) is 12.3 Å². The highest BCUT2D eigenvalue weighted by atomic mass is 16.2. The number of amides is 2. The van der Waals surface area contributed by atoms with Gasteiger partial charge >= 0.3 is 0 Å². The number of benzene rings is 2. The van der Waals surface area contributed by atoms with E-state index in [0.29, 0.717) is 32.6 Å². The highest BCUT2D eigenvalue weighted by Crippen LogP contribution is 2.22. The van der Waals surface area contributed by atoms with Crippen molar-refractivity contribution in [2.45, 2.75) is 12.8 Å². The summed E-state index contributed by atoms with van der Waals surface area (Å²) >= 11 is 0. The van der Waals surface area contributed by atoms with E-state index in [0.717, 1.165) is 22.4 Å². The smallest absolute Gasteiger partial charge is 0.228 e. The number of hydrogen-bond acceptors (Lipinski definition) is 3. The van der Waals surface area contributed by atoms with E-state index in [9.17, 15) is 9.59 Å². The third kappa shape index (κ3) is 5.75. The number of carbonyl (C=O) groups excluding carboxylic acids is 2. The van der Waals surface area contributed by atoms with E-state index in [1.165, 1.54) is 0 Å². The van der Waals surface area contributed by atoms with Crippen LogP contribution in [0.4, 0.5) is 0 Å². The standard InChI is InChI=1S/C28H29N3O2/c1-2-16-30-17-18-31(27(32)20-26-10-6-7-15-29-26)21-25(28(30)33)19-22-11-13-24(14-12-22)23-8-4-3-5-9-23/h2-15,25H,1,16-21H2. The monoisotopic (exact) mass is 439 g/mol. The summed E-state index contributed by atoms with van der Waals surface area (Å²) in [4.78, 5) is 34.2. The lowest BCUT2D eigenvalue weighted by molar-refractivity contribution is -0.134. The van der Waals surface area contributed by atoms with Gasteiger partial charge in [-0.3, -0.25) is 14.6 Å². The van der Waals surface area contributed by atoms with Gasteiger partial charge in [0.1, 0.15) is 0 Å². The molecule has 1 aliphatic heterocycles. The van der Waals surface area contributed by atoms with Gasteiger partial charge in [-0.2, -0.15) is 0 Å². The van der Waals surface area contributed by atoms with Crippen molar-refractivity contribution in [1.29, 1.82) is 0 Å². The number of pyridine rings is 1. The molecule has 2 amide bonds. The number of nitrogens with zero attached hydrogens (tertiary/aromatic N) is 3. The lowest BCUT2D eigenvalue weighted by atomic mass is 9.95. The van der Waals surface area contributed by atoms with Crippen LogP contribution in [0.2, 0.25) is 0 Å². The van der Waals surface area contributed by atoms with Crippen LogP contribution >= 0.6 is 0 Å². The first-order valence-electron chi connectivity index (χ1n) is 11.4. The molecule has 0 saturated carbocycles. The van der Waals surface area contributed by atoms with Gasteiger partial charge in [-0.25, -0.2) is 0 Å². The van der Waals surface area contributed by atoms with Crippen molar-refractivity contribution in [3.63, 3.8) is 0 Å². The maximum absolute atomic E-state index is 13.3. The van der Waals surface area contributed by atoms with Gasteiger partial charge in [-0.1, -0.05) is 66.7 Å². The number of hydrogen-bond donors (Lipinski definition) is 0. The Morgan fingerprint density at radius 3 is 2.39 bits per heavy atom. The molecule has 2 aromatic carbocycles. The Balaban J connectivity index is 1.50. The summed E-state index contributed by atoms with van der Waals surface area (Å²) in [5.41, 5.74) is 4.14. The summed E-state index contributed by atoms with van der Waals surface area (Å²) in [5.74, 6) is -0.204. The molecule has 5 nitrogen and oxygen atoms in total. The van der Waals surface area contributed by atoms with E-state index in [-0.39, 0.29) is 24.2 Å². The molecular weight excluding hydrogens is 410 g/mol. The minimum Gasteiger partial charge on any atom is -0.340 e. The fourth-order valence-corrected chi connectivity index (χ4v) is 4.28. The van der Waals surface area contributed by atoms with Crippen molar-refractivity contribution in [3.8, 4) is 11.1 Å². The zero-order valence-electron chi connectivity index (χ0n) is 18.8. The second-order valence-electron chi connectivity index (χ2n) is 8.37. The Hall–Kier alpha value is -3.73. The molecule has 0 N–H and O–H groups in total. The Morgan fingerprint density at radius 1 is 0.970 bits per heavy atom. The van der Waals surface area contributed by atoms with Gasteiger partial charge in [0, 0.05) is 38.1 Å². The highest BCUT2D eigenvalue weighted by Gasteiger charge is 2.32. The van der Waals surface area contributed by atoms with Crippen LogP contribution in [0.5, 0.6) is 0 Å². The van der Waals surface area contributed by atoms with E-state index in [1.54, 1.807) is 12.3 Å². The summed E-state index contributed by atoms with van der Waals surface area (Å²) in [5, 5.41) is 0. The maximum atomic E-state index is 13.3. The summed E-state index contributed by atoms with van der Waals surface area (Å²) in [6.07, 6.45) is 4.28. The number of carbonyl (C=O) groups is 2. The van der Waals surface area contributed by atoms with Crippen LogP contribution in [0, 0.1) is 5.92 Å². The topological polar surface area (TPSA) is 53.5 Å². The first-order valence-corrected chi connectivity index (χ1v) is 11.4. The first-order chi connectivity index (χ1) is 16.1. The largest absolute Gasteiger partial charge is 0.340 e. The normalized spacial score (nSPS) is 16.4. The van der Waals surface area contributed by atoms with Gasteiger partial charge in [0.2, 0.25) is 11.8 Å². The van der Waals surface area contributed by atoms with Crippen LogP contribution < -0.4 is 0 Å². The van der Waals surface area contributed by atoms with Gasteiger partial charge in [0.15, 0.2) is 0 Å². The second kappa shape index (κ2) is 10.7. The van der Waals surface area contributed by atoms with Crippen LogP contribution in [0.15, 0.2) is 91.6 Å². The van der Waals surface area contributed by atoms with Gasteiger partial charge in [-0.05, 0) is 35.2 Å². The second-order valence-corrected chi connectivity index (χ2v) is 8.37. The van der Waals surface area contributed by atoms with Gasteiger partial charge in [-0.15, -0.1) is 6.58 Å². The molecule has 0 spiro atoms. The summed E-state index contributed by atoms with van der Waals surface area (Å²) in [6, 6.07) is 24.2. The van der Waals surface area contributed by atoms with Crippen molar-refractivity contribution >= 4 is 11.8 Å². The summed E-state index contributed by atoms with van der Waals surface area (Å²) in [7, 11) is 0. The molecular formula is C28H29N3O2. The predicted molar refractivity (Wildman–Crippen MR) is 130 cm³/mol. The molecule has 168 valence electrons. The van der Waals surface area contributed by atoms with Crippen molar-refractivity contribution < 1.29 is 9.59 Å². The summed E-state index contributed by atoms with van der Waals surface area (Å²) < 4.78 is 0. The van der Waals surface area contributed by atoms with E-state index < -0.39 is 0 Å². The van der Waals surface area contributed by atoms with Gasteiger partial charge in [0.25, 0.3) is 0 Å². The predicted octanol–water partition coefficient (Wildman–Crippen LogP) is 4.01. The van der Waals surface area contributed by atoms with Crippen molar-refractivity contribution in [2.75, 3.05) is 26.2 Å². The van der Waals surface area contributed by atoms with Crippen LogP contribution in [0.1, 0.15) is 11.3 Å². The molecule has 4 rings (SSSR count). The first kappa shape index (κ1) is 22.5. The van der Waals surface area contributed by atoms with Crippen LogP contribution in [-0.2, 0) is 22.4 Å². The molecule has 1 saturated heterocycles. The minimum absolute atomic E-state index is 0.00591. The van der Waals surface area contributed by atoms with Crippen molar-refractivity contribution in [1.82, 2.24) is 14.8 Å². The number of aromatic nitrogens is 1. The maximum Gasteiger partial charge on any atom is 0.228 e. The molecule has 0 aliphatic carbocycles. The molecule has 1 aliphatic rings. The molecule has 1 atom stereocenters. The Morgan fingerprint density at radius 2 is 1.70 bits per heavy atom. The molecule has 0 radical (unpaired) electrons. The lowest BCUT2D eigenvalue weighted by Gasteiger charge is -2.23. The number of rotatable bonds is 7. The third-order valence-electron chi connectivity index (χ3n) is 6.05. The third-order valence-corrected chi connectivity index (χ3v) is 6.05. The highest BCUT2D eigenvalue weighted by molar-refractivity contribution is 5.83. The molecule has 33 heavy (non-hydrogen) atoms. The fourth-order valence-electron chi connectivity index (χ4n) is 4.28. The van der Waals surface area contributed by atoms with Crippen LogP contribution in [0.25, 0.3) is 11.1 Å². The zero-order chi connectivity index (χ0) is 23.0. The molecule has 1 unspecified atom stereocenters. The Bertz CT molecular complexity index is 1080. The van der Waals surface area contributed by atoms with Crippen molar-refractivity contribution in [3.05, 3.63) is 103 Å². The molecule has 5 heteroatoms. The molecule has 3 aromatic rings. The van der Waals surface area contributed by atoms with Crippen LogP contribution in [0.3, 0.4) is 0 Å². The summed E-state index contributed by atoms with van der Waals surface area (Å²) in [6.45, 7) is 5.74. The Labute approximate surface area is 195 Å². The SMILES string of the molecule is C=CCN1CCN(C(=O)Cc2ccccn2)CC(Cc2ccc(-c3ccccc3)cc2)C1=O. The molecule has 1 aromatic heterocycles. The minimum atomic E-state index is -0.289. The van der Waals surface area contributed by atoms with E-state index in [4.69, 9.17) is 0 Å². The molecule has 2 heterocycles. The molecule has 1 fully saturated rings. The van der Waals surface area contributed by atoms with E-state index in [1.807, 2.05) is 46.2 Å². The van der Waals surface area contributed by atoms with Gasteiger partial charge < -0.3 is 9.80 Å². The fraction of sp³-hybridized carbons (Fsp3) is 0.250. The zero-order valence-corrected chi connectivity index (χ0v) is 18.8. The molecule has 0 bridgehead atoms. The average Bonchev–Trinajstić information content (AvgIpc) is 3.00. The quantitative estimate of drug-likeness (QED) is 0.523. The van der Waals surface area contributed by atoms with E-state index >= 15 is 0 Å². The van der Waals surface area contributed by atoms with Crippen LogP contribution in [-0.4, -0.2) is 52.8 Å². The lowest BCUT2D eigenvalue weighted by Crippen LogP contribution is -2.38. The Kier molecular flexibility index (Phi) is 7.30. The van der Waals surface area contributed by atoms with Crippen molar-refractivity contribution in [2.24, 2.45) is 5.92 Å². The van der Waals surface area contributed by atoms with E-state index in [2.05, 4.69) is 48.0 Å². The average molecular weight is 440 g/mol.